The molecular weight excluding hydrogens is 297 g/mol. The number of amides is 2. The van der Waals surface area contributed by atoms with Crippen LogP contribution in [0.4, 0.5) is 4.39 Å². The van der Waals surface area contributed by atoms with Crippen LogP contribution in [-0.4, -0.2) is 55.8 Å². The van der Waals surface area contributed by atoms with E-state index in [1.165, 1.54) is 24.1 Å². The van der Waals surface area contributed by atoms with Gasteiger partial charge < -0.3 is 10.2 Å². The van der Waals surface area contributed by atoms with E-state index in [2.05, 4.69) is 5.32 Å². The van der Waals surface area contributed by atoms with Crippen molar-refractivity contribution in [2.24, 2.45) is 0 Å². The van der Waals surface area contributed by atoms with E-state index >= 15 is 0 Å². The molecule has 116 valence electrons. The molecule has 0 unspecified atom stereocenters. The SMILES string of the molecule is CNC(=O)CN(C)C(=O)CN(C)Cc1c(F)cccc1Cl. The van der Waals surface area contributed by atoms with Crippen LogP contribution in [0.3, 0.4) is 0 Å². The number of rotatable bonds is 6. The lowest BCUT2D eigenvalue weighted by atomic mass is 10.2. The maximum absolute atomic E-state index is 13.7. The van der Waals surface area contributed by atoms with Crippen LogP contribution in [0.5, 0.6) is 0 Å². The number of carbonyl (C=O) groups is 2. The Labute approximate surface area is 128 Å². The van der Waals surface area contributed by atoms with Crippen LogP contribution in [0.1, 0.15) is 5.56 Å². The number of halogens is 2. The van der Waals surface area contributed by atoms with E-state index in [1.807, 2.05) is 0 Å². The Kier molecular flexibility index (Phi) is 6.58. The molecule has 21 heavy (non-hydrogen) atoms. The normalized spacial score (nSPS) is 10.6. The lowest BCUT2D eigenvalue weighted by Crippen LogP contribution is -2.41. The van der Waals surface area contributed by atoms with E-state index < -0.39 is 5.82 Å². The van der Waals surface area contributed by atoms with Gasteiger partial charge in [-0.25, -0.2) is 4.39 Å². The molecule has 0 aliphatic rings. The van der Waals surface area contributed by atoms with E-state index in [1.54, 1.807) is 25.1 Å². The molecule has 1 aromatic rings. The first-order valence-electron chi connectivity index (χ1n) is 6.41. The second kappa shape index (κ2) is 7.95. The first-order chi connectivity index (χ1) is 9.85. The maximum atomic E-state index is 13.7. The Morgan fingerprint density at radius 3 is 2.52 bits per heavy atom. The van der Waals surface area contributed by atoms with Gasteiger partial charge in [-0.2, -0.15) is 0 Å². The van der Waals surface area contributed by atoms with E-state index in [9.17, 15) is 14.0 Å². The number of benzene rings is 1. The minimum Gasteiger partial charge on any atom is -0.358 e. The second-order valence-corrected chi connectivity index (χ2v) is 5.20. The van der Waals surface area contributed by atoms with E-state index in [0.29, 0.717) is 10.6 Å². The lowest BCUT2D eigenvalue weighted by molar-refractivity contribution is -0.135. The molecule has 0 radical (unpaired) electrons. The second-order valence-electron chi connectivity index (χ2n) is 4.80. The summed E-state index contributed by atoms with van der Waals surface area (Å²) in [5.41, 5.74) is 0.350. The first kappa shape index (κ1) is 17.4. The fourth-order valence-corrected chi connectivity index (χ4v) is 1.97. The largest absolute Gasteiger partial charge is 0.358 e. The fraction of sp³-hybridized carbons (Fsp3) is 0.429. The third-order valence-electron chi connectivity index (χ3n) is 2.98. The molecule has 7 heteroatoms. The molecule has 0 aromatic heterocycles. The molecule has 0 atom stereocenters. The van der Waals surface area contributed by atoms with Crippen molar-refractivity contribution in [3.05, 3.63) is 34.6 Å². The van der Waals surface area contributed by atoms with Crippen molar-refractivity contribution < 1.29 is 14.0 Å². The molecule has 0 saturated carbocycles. The van der Waals surface area contributed by atoms with E-state index in [0.717, 1.165) is 0 Å². The predicted octanol–water partition coefficient (Wildman–Crippen LogP) is 1.12. The van der Waals surface area contributed by atoms with E-state index in [4.69, 9.17) is 11.6 Å². The molecule has 1 rings (SSSR count). The Morgan fingerprint density at radius 1 is 1.29 bits per heavy atom. The van der Waals surface area contributed by atoms with Gasteiger partial charge in [-0.1, -0.05) is 17.7 Å². The average Bonchev–Trinajstić information content (AvgIpc) is 2.42. The summed E-state index contributed by atoms with van der Waals surface area (Å²) in [6.45, 7) is 0.271. The van der Waals surface area contributed by atoms with Gasteiger partial charge in [0.25, 0.3) is 0 Å². The zero-order valence-electron chi connectivity index (χ0n) is 12.3. The topological polar surface area (TPSA) is 52.7 Å². The van der Waals surface area contributed by atoms with Gasteiger partial charge >= 0.3 is 0 Å². The standard InChI is InChI=1S/C14H19ClFN3O2/c1-17-13(20)8-19(3)14(21)9-18(2)7-10-11(15)5-4-6-12(10)16/h4-6H,7-9H2,1-3H3,(H,17,20). The number of carbonyl (C=O) groups excluding carboxylic acids is 2. The summed E-state index contributed by atoms with van der Waals surface area (Å²) in [4.78, 5) is 26.1. The summed E-state index contributed by atoms with van der Waals surface area (Å²) in [6.07, 6.45) is 0. The van der Waals surface area contributed by atoms with Gasteiger partial charge in [-0.3, -0.25) is 14.5 Å². The van der Waals surface area contributed by atoms with Crippen LogP contribution in [0.2, 0.25) is 5.02 Å². The molecule has 0 fully saturated rings. The zero-order chi connectivity index (χ0) is 16.0. The van der Waals surface area contributed by atoms with Crippen LogP contribution in [0.25, 0.3) is 0 Å². The van der Waals surface area contributed by atoms with Crippen LogP contribution < -0.4 is 5.32 Å². The molecular formula is C14H19ClFN3O2. The Hall–Kier alpha value is -1.66. The Bertz CT molecular complexity index is 505. The van der Waals surface area contributed by atoms with Gasteiger partial charge in [0, 0.05) is 31.2 Å². The number of nitrogens with zero attached hydrogens (tertiary/aromatic N) is 2. The average molecular weight is 316 g/mol. The van der Waals surface area contributed by atoms with Crippen LogP contribution in [0.15, 0.2) is 18.2 Å². The van der Waals surface area contributed by atoms with Crippen LogP contribution in [0, 0.1) is 5.82 Å². The summed E-state index contributed by atoms with van der Waals surface area (Å²) in [5.74, 6) is -0.875. The molecule has 0 bridgehead atoms. The van der Waals surface area contributed by atoms with Crippen molar-refractivity contribution in [1.29, 1.82) is 0 Å². The Balaban J connectivity index is 2.59. The van der Waals surface area contributed by atoms with Crippen LogP contribution >= 0.6 is 11.6 Å². The quantitative estimate of drug-likeness (QED) is 0.856. The molecule has 0 aliphatic carbocycles. The fourth-order valence-electron chi connectivity index (χ4n) is 1.74. The van der Waals surface area contributed by atoms with Gasteiger partial charge in [0.2, 0.25) is 11.8 Å². The van der Waals surface area contributed by atoms with Gasteiger partial charge in [-0.05, 0) is 19.2 Å². The van der Waals surface area contributed by atoms with Crippen molar-refractivity contribution in [1.82, 2.24) is 15.1 Å². The molecule has 0 heterocycles. The highest BCUT2D eigenvalue weighted by atomic mass is 35.5. The smallest absolute Gasteiger partial charge is 0.239 e. The number of hydrogen-bond acceptors (Lipinski definition) is 3. The minimum atomic E-state index is -0.402. The van der Waals surface area contributed by atoms with Crippen molar-refractivity contribution in [3.8, 4) is 0 Å². The maximum Gasteiger partial charge on any atom is 0.239 e. The molecule has 0 spiro atoms. The highest BCUT2D eigenvalue weighted by molar-refractivity contribution is 6.31. The molecule has 0 saturated heterocycles. The number of hydrogen-bond donors (Lipinski definition) is 1. The third-order valence-corrected chi connectivity index (χ3v) is 3.33. The van der Waals surface area contributed by atoms with Gasteiger partial charge in [0.1, 0.15) is 5.82 Å². The number of nitrogens with one attached hydrogen (secondary N) is 1. The van der Waals surface area contributed by atoms with Crippen molar-refractivity contribution in [2.75, 3.05) is 34.2 Å². The predicted molar refractivity (Wildman–Crippen MR) is 79.4 cm³/mol. The van der Waals surface area contributed by atoms with Crippen molar-refractivity contribution >= 4 is 23.4 Å². The summed E-state index contributed by atoms with van der Waals surface area (Å²) < 4.78 is 13.7. The summed E-state index contributed by atoms with van der Waals surface area (Å²) in [5, 5.41) is 2.77. The monoisotopic (exact) mass is 315 g/mol. The number of likely N-dealkylation sites (N-methyl/N-ethyl adjacent to an activating group) is 3. The molecule has 5 nitrogen and oxygen atoms in total. The van der Waals surface area contributed by atoms with E-state index in [-0.39, 0.29) is 31.4 Å². The van der Waals surface area contributed by atoms with Crippen LogP contribution in [-0.2, 0) is 16.1 Å². The molecule has 2 amide bonds. The van der Waals surface area contributed by atoms with Gasteiger partial charge in [0.05, 0.1) is 13.1 Å². The zero-order valence-corrected chi connectivity index (χ0v) is 13.1. The van der Waals surface area contributed by atoms with Crippen molar-refractivity contribution in [2.45, 2.75) is 6.54 Å². The van der Waals surface area contributed by atoms with Crippen molar-refractivity contribution in [3.63, 3.8) is 0 Å². The molecule has 1 aromatic carbocycles. The highest BCUT2D eigenvalue weighted by Gasteiger charge is 2.16. The minimum absolute atomic E-state index is 0.0103. The summed E-state index contributed by atoms with van der Waals surface area (Å²) in [7, 11) is 4.74. The third kappa shape index (κ3) is 5.32. The lowest BCUT2D eigenvalue weighted by Gasteiger charge is -2.21. The highest BCUT2D eigenvalue weighted by Crippen LogP contribution is 2.20. The molecule has 1 N–H and O–H groups in total. The first-order valence-corrected chi connectivity index (χ1v) is 6.79. The molecule has 0 aliphatic heterocycles. The van der Waals surface area contributed by atoms with Gasteiger partial charge in [0.15, 0.2) is 0 Å². The Morgan fingerprint density at radius 2 is 1.95 bits per heavy atom. The summed E-state index contributed by atoms with van der Waals surface area (Å²) in [6, 6.07) is 4.46. The van der Waals surface area contributed by atoms with Gasteiger partial charge in [-0.15, -0.1) is 0 Å². The summed E-state index contributed by atoms with van der Waals surface area (Å²) >= 11 is 5.95.